The normalized spacial score (nSPS) is 10.8. The van der Waals surface area contributed by atoms with Gasteiger partial charge in [-0.25, -0.2) is 4.98 Å². The summed E-state index contributed by atoms with van der Waals surface area (Å²) in [6.07, 6.45) is 3.05. The fourth-order valence-electron chi connectivity index (χ4n) is 2.53. The van der Waals surface area contributed by atoms with Crippen LogP contribution in [0.4, 0.5) is 5.82 Å². The number of hydrogen-bond donors (Lipinski definition) is 1. The van der Waals surface area contributed by atoms with Crippen LogP contribution in [0.2, 0.25) is 0 Å². The zero-order valence-corrected chi connectivity index (χ0v) is 13.1. The van der Waals surface area contributed by atoms with Gasteiger partial charge in [-0.05, 0) is 24.4 Å². The Bertz CT molecular complexity index is 592. The molecule has 0 fully saturated rings. The van der Waals surface area contributed by atoms with E-state index in [-0.39, 0.29) is 0 Å². The van der Waals surface area contributed by atoms with E-state index in [1.54, 1.807) is 0 Å². The molecule has 1 heterocycles. The minimum absolute atomic E-state index is 0.808. The van der Waals surface area contributed by atoms with Gasteiger partial charge in [0.1, 0.15) is 5.82 Å². The van der Waals surface area contributed by atoms with Crippen molar-refractivity contribution in [3.05, 3.63) is 48.7 Å². The van der Waals surface area contributed by atoms with Crippen molar-refractivity contribution in [2.45, 2.75) is 26.8 Å². The molecule has 21 heavy (non-hydrogen) atoms. The van der Waals surface area contributed by atoms with Crippen molar-refractivity contribution in [1.29, 1.82) is 0 Å². The first-order valence-corrected chi connectivity index (χ1v) is 7.75. The predicted octanol–water partition coefficient (Wildman–Crippen LogP) is 3.75. The van der Waals surface area contributed by atoms with E-state index < -0.39 is 0 Å². The lowest BCUT2D eigenvalue weighted by molar-refractivity contribution is 0.708. The lowest BCUT2D eigenvalue weighted by atomic mass is 10.1. The lowest BCUT2D eigenvalue weighted by Gasteiger charge is -2.24. The molecule has 3 nitrogen and oxygen atoms in total. The van der Waals surface area contributed by atoms with Crippen LogP contribution in [-0.2, 0) is 6.54 Å². The number of hydrogen-bond acceptors (Lipinski definition) is 3. The van der Waals surface area contributed by atoms with Gasteiger partial charge in [-0.15, -0.1) is 6.58 Å². The van der Waals surface area contributed by atoms with Crippen molar-refractivity contribution in [2.24, 2.45) is 0 Å². The van der Waals surface area contributed by atoms with Crippen LogP contribution in [0.1, 0.15) is 26.0 Å². The summed E-state index contributed by atoms with van der Waals surface area (Å²) in [7, 11) is 0. The Labute approximate surface area is 127 Å². The molecule has 0 bridgehead atoms. The van der Waals surface area contributed by atoms with Crippen molar-refractivity contribution in [2.75, 3.05) is 24.5 Å². The Kier molecular flexibility index (Phi) is 5.76. The molecule has 0 spiro atoms. The maximum Gasteiger partial charge on any atom is 0.137 e. The number of benzene rings is 1. The zero-order chi connectivity index (χ0) is 15.1. The van der Waals surface area contributed by atoms with Crippen molar-refractivity contribution in [1.82, 2.24) is 10.3 Å². The van der Waals surface area contributed by atoms with Gasteiger partial charge < -0.3 is 10.2 Å². The van der Waals surface area contributed by atoms with Crippen LogP contribution in [0, 0.1) is 0 Å². The van der Waals surface area contributed by atoms with Crippen LogP contribution >= 0.6 is 0 Å². The van der Waals surface area contributed by atoms with Gasteiger partial charge in [-0.1, -0.05) is 44.2 Å². The summed E-state index contributed by atoms with van der Waals surface area (Å²) in [5.74, 6) is 1.07. The number of aromatic nitrogens is 1. The highest BCUT2D eigenvalue weighted by molar-refractivity contribution is 5.92. The van der Waals surface area contributed by atoms with Crippen molar-refractivity contribution >= 4 is 16.6 Å². The first-order chi connectivity index (χ1) is 10.3. The van der Waals surface area contributed by atoms with Crippen LogP contribution in [-0.4, -0.2) is 24.6 Å². The third kappa shape index (κ3) is 3.82. The van der Waals surface area contributed by atoms with E-state index in [1.807, 2.05) is 6.08 Å². The Balaban J connectivity index is 2.48. The topological polar surface area (TPSA) is 28.2 Å². The number of anilines is 1. The monoisotopic (exact) mass is 283 g/mol. The van der Waals surface area contributed by atoms with Gasteiger partial charge in [0.25, 0.3) is 0 Å². The highest BCUT2D eigenvalue weighted by atomic mass is 15.2. The van der Waals surface area contributed by atoms with E-state index in [2.05, 4.69) is 61.0 Å². The molecule has 0 aliphatic carbocycles. The van der Waals surface area contributed by atoms with Gasteiger partial charge in [0.05, 0.1) is 5.69 Å². The maximum atomic E-state index is 4.89. The molecule has 0 saturated heterocycles. The summed E-state index contributed by atoms with van der Waals surface area (Å²) in [5.41, 5.74) is 1.09. The summed E-state index contributed by atoms with van der Waals surface area (Å²) in [6, 6.07) is 10.7. The van der Waals surface area contributed by atoms with Crippen LogP contribution in [0.3, 0.4) is 0 Å². The van der Waals surface area contributed by atoms with Crippen molar-refractivity contribution in [3.63, 3.8) is 0 Å². The molecule has 3 heteroatoms. The highest BCUT2D eigenvalue weighted by Crippen LogP contribution is 2.26. The highest BCUT2D eigenvalue weighted by Gasteiger charge is 2.11. The van der Waals surface area contributed by atoms with Gasteiger partial charge >= 0.3 is 0 Å². The molecule has 1 aromatic heterocycles. The summed E-state index contributed by atoms with van der Waals surface area (Å²) in [6.45, 7) is 11.8. The van der Waals surface area contributed by atoms with E-state index in [4.69, 9.17) is 4.98 Å². The second-order valence-corrected chi connectivity index (χ2v) is 5.17. The minimum Gasteiger partial charge on any atom is -0.352 e. The first-order valence-electron chi connectivity index (χ1n) is 7.75. The SMILES string of the molecule is C=CCN(CCC)c1nc(CNCC)cc2ccccc12. The summed E-state index contributed by atoms with van der Waals surface area (Å²) in [5, 5.41) is 5.82. The molecule has 0 amide bonds. The van der Waals surface area contributed by atoms with Crippen LogP contribution in [0.5, 0.6) is 0 Å². The van der Waals surface area contributed by atoms with Gasteiger partial charge in [-0.3, -0.25) is 0 Å². The molecule has 0 radical (unpaired) electrons. The molecule has 2 rings (SSSR count). The molecular formula is C18H25N3. The van der Waals surface area contributed by atoms with Gasteiger partial charge in [0.15, 0.2) is 0 Å². The smallest absolute Gasteiger partial charge is 0.137 e. The Morgan fingerprint density at radius 3 is 2.81 bits per heavy atom. The molecule has 112 valence electrons. The van der Waals surface area contributed by atoms with Gasteiger partial charge in [0, 0.05) is 25.0 Å². The fourth-order valence-corrected chi connectivity index (χ4v) is 2.53. The predicted molar refractivity (Wildman–Crippen MR) is 91.8 cm³/mol. The number of rotatable bonds is 8. The Morgan fingerprint density at radius 2 is 2.10 bits per heavy atom. The first kappa shape index (κ1) is 15.5. The molecule has 0 aliphatic rings. The Morgan fingerprint density at radius 1 is 1.29 bits per heavy atom. The van der Waals surface area contributed by atoms with E-state index in [9.17, 15) is 0 Å². The zero-order valence-electron chi connectivity index (χ0n) is 13.1. The van der Waals surface area contributed by atoms with Crippen molar-refractivity contribution in [3.8, 4) is 0 Å². The van der Waals surface area contributed by atoms with Crippen LogP contribution < -0.4 is 10.2 Å². The van der Waals surface area contributed by atoms with Crippen molar-refractivity contribution < 1.29 is 0 Å². The standard InChI is InChI=1S/C18H25N3/c1-4-11-21(12-5-2)18-17-10-8-7-9-15(17)13-16(20-18)14-19-6-3/h4,7-10,13,19H,1,5-6,11-12,14H2,2-3H3. The molecular weight excluding hydrogens is 258 g/mol. The third-order valence-electron chi connectivity index (χ3n) is 3.47. The minimum atomic E-state index is 0.808. The number of pyridine rings is 1. The number of nitrogens with one attached hydrogen (secondary N) is 1. The molecule has 0 aliphatic heterocycles. The molecule has 1 N–H and O–H groups in total. The Hall–Kier alpha value is -1.87. The van der Waals surface area contributed by atoms with E-state index in [0.717, 1.165) is 44.1 Å². The van der Waals surface area contributed by atoms with Crippen LogP contribution in [0.25, 0.3) is 10.8 Å². The molecule has 2 aromatic rings. The molecule has 1 aromatic carbocycles. The van der Waals surface area contributed by atoms with E-state index >= 15 is 0 Å². The largest absolute Gasteiger partial charge is 0.352 e. The molecule has 0 atom stereocenters. The summed E-state index contributed by atoms with van der Waals surface area (Å²) in [4.78, 5) is 7.20. The second kappa shape index (κ2) is 7.79. The van der Waals surface area contributed by atoms with E-state index in [0.29, 0.717) is 0 Å². The average Bonchev–Trinajstić information content (AvgIpc) is 2.52. The average molecular weight is 283 g/mol. The van der Waals surface area contributed by atoms with E-state index in [1.165, 1.54) is 10.8 Å². The summed E-state index contributed by atoms with van der Waals surface area (Å²) < 4.78 is 0. The number of fused-ring (bicyclic) bond motifs is 1. The third-order valence-corrected chi connectivity index (χ3v) is 3.47. The van der Waals surface area contributed by atoms with Gasteiger partial charge in [-0.2, -0.15) is 0 Å². The van der Waals surface area contributed by atoms with Crippen LogP contribution in [0.15, 0.2) is 43.0 Å². The van der Waals surface area contributed by atoms with Gasteiger partial charge in [0.2, 0.25) is 0 Å². The molecule has 0 unspecified atom stereocenters. The lowest BCUT2D eigenvalue weighted by Crippen LogP contribution is -2.26. The molecule has 0 saturated carbocycles. The number of nitrogens with zero attached hydrogens (tertiary/aromatic N) is 2. The summed E-state index contributed by atoms with van der Waals surface area (Å²) >= 11 is 0. The quantitative estimate of drug-likeness (QED) is 0.748. The maximum absolute atomic E-state index is 4.89. The second-order valence-electron chi connectivity index (χ2n) is 5.17. The fraction of sp³-hybridized carbons (Fsp3) is 0.389.